The van der Waals surface area contributed by atoms with E-state index >= 15 is 0 Å². The molecule has 0 saturated heterocycles. The second-order valence-electron chi connectivity index (χ2n) is 8.01. The van der Waals surface area contributed by atoms with Gasteiger partial charge >= 0.3 is 18.2 Å². The number of carbonyl (C=O) groups excluding carboxylic acids is 3. The molecule has 27 heavy (non-hydrogen) atoms. The third-order valence-electron chi connectivity index (χ3n) is 3.01. The first-order valence-corrected chi connectivity index (χ1v) is 8.97. The molecule has 8 nitrogen and oxygen atoms in total. The first kappa shape index (κ1) is 25.1. The van der Waals surface area contributed by atoms with Gasteiger partial charge < -0.3 is 19.9 Å². The van der Waals surface area contributed by atoms with Gasteiger partial charge in [0.25, 0.3) is 0 Å². The number of hydrogen-bond donors (Lipinski definition) is 1. The molecule has 0 aromatic heterocycles. The zero-order chi connectivity index (χ0) is 21.4. The summed E-state index contributed by atoms with van der Waals surface area (Å²) in [5, 5.41) is 0. The lowest BCUT2D eigenvalue weighted by Gasteiger charge is -2.32. The van der Waals surface area contributed by atoms with Gasteiger partial charge in [-0.3, -0.25) is 0 Å². The molecule has 0 heterocycles. The Kier molecular flexibility index (Phi) is 9.70. The first-order chi connectivity index (χ1) is 12.2. The summed E-state index contributed by atoms with van der Waals surface area (Å²) in [6.07, 6.45) is -4.25. The van der Waals surface area contributed by atoms with E-state index in [1.165, 1.54) is 0 Å². The maximum absolute atomic E-state index is 14.2. The van der Waals surface area contributed by atoms with Crippen LogP contribution in [0.15, 0.2) is 0 Å². The number of nitrogens with two attached hydrogens (primary N) is 1. The monoisotopic (exact) mass is 392 g/mol. The molecule has 0 aliphatic heterocycles. The third kappa shape index (κ3) is 10.1. The van der Waals surface area contributed by atoms with Gasteiger partial charge in [-0.2, -0.15) is 4.90 Å². The molecule has 158 valence electrons. The Balaban J connectivity index is 5.88. The third-order valence-corrected chi connectivity index (χ3v) is 3.01. The van der Waals surface area contributed by atoms with Crippen molar-refractivity contribution >= 4 is 18.2 Å². The lowest BCUT2D eigenvalue weighted by atomic mass is 10.1. The van der Waals surface area contributed by atoms with Crippen molar-refractivity contribution in [2.24, 2.45) is 5.73 Å². The Morgan fingerprint density at radius 1 is 1.00 bits per heavy atom. The predicted octanol–water partition coefficient (Wildman–Crippen LogP) is 3.17. The van der Waals surface area contributed by atoms with Crippen LogP contribution in [0.5, 0.6) is 0 Å². The average molecular weight is 392 g/mol. The summed E-state index contributed by atoms with van der Waals surface area (Å²) < 4.78 is 29.6. The van der Waals surface area contributed by atoms with Gasteiger partial charge in [0.05, 0.1) is 6.61 Å². The zero-order valence-corrected chi connectivity index (χ0v) is 17.3. The Hall–Kier alpha value is -1.90. The van der Waals surface area contributed by atoms with E-state index in [0.29, 0.717) is 4.90 Å². The van der Waals surface area contributed by atoms with E-state index in [0.717, 1.165) is 0 Å². The minimum absolute atomic E-state index is 0.000346. The molecule has 0 bridgehead atoms. The zero-order valence-electron chi connectivity index (χ0n) is 17.3. The van der Waals surface area contributed by atoms with Crippen LogP contribution >= 0.6 is 0 Å². The van der Waals surface area contributed by atoms with E-state index in [9.17, 15) is 18.8 Å². The quantitative estimate of drug-likeness (QED) is 0.523. The van der Waals surface area contributed by atoms with E-state index < -0.39 is 48.0 Å². The minimum atomic E-state index is -1.53. The molecule has 0 spiro atoms. The van der Waals surface area contributed by atoms with E-state index in [-0.39, 0.29) is 19.6 Å². The van der Waals surface area contributed by atoms with Gasteiger partial charge in [-0.1, -0.05) is 0 Å². The van der Waals surface area contributed by atoms with Crippen LogP contribution in [-0.2, 0) is 19.0 Å². The fraction of sp³-hybridized carbons (Fsp3) is 0.833. The van der Waals surface area contributed by atoms with Crippen LogP contribution in [0.2, 0.25) is 0 Å². The highest BCUT2D eigenvalue weighted by Gasteiger charge is 2.42. The van der Waals surface area contributed by atoms with Crippen molar-refractivity contribution in [1.29, 1.82) is 0 Å². The van der Waals surface area contributed by atoms with E-state index in [1.54, 1.807) is 48.5 Å². The van der Waals surface area contributed by atoms with E-state index in [2.05, 4.69) is 0 Å². The number of halogens is 1. The van der Waals surface area contributed by atoms with Crippen molar-refractivity contribution < 1.29 is 33.0 Å². The minimum Gasteiger partial charge on any atom is -0.464 e. The van der Waals surface area contributed by atoms with Crippen LogP contribution in [0.1, 0.15) is 61.3 Å². The number of amides is 2. The van der Waals surface area contributed by atoms with Crippen molar-refractivity contribution in [2.75, 3.05) is 13.2 Å². The maximum atomic E-state index is 14.2. The van der Waals surface area contributed by atoms with Crippen LogP contribution in [0, 0.1) is 0 Å². The molecule has 2 amide bonds. The number of rotatable bonds is 7. The summed E-state index contributed by atoms with van der Waals surface area (Å²) >= 11 is 0. The maximum Gasteiger partial charge on any atom is 0.420 e. The smallest absolute Gasteiger partial charge is 0.420 e. The molecular formula is C18H33FN2O6. The molecule has 0 fully saturated rings. The second-order valence-corrected chi connectivity index (χ2v) is 8.01. The molecule has 0 aromatic carbocycles. The highest BCUT2D eigenvalue weighted by molar-refractivity contribution is 5.94. The molecule has 0 rings (SSSR count). The summed E-state index contributed by atoms with van der Waals surface area (Å²) in [4.78, 5) is 38.1. The first-order valence-electron chi connectivity index (χ1n) is 8.97. The Labute approximate surface area is 160 Å². The van der Waals surface area contributed by atoms with Gasteiger partial charge in [-0.15, -0.1) is 0 Å². The molecule has 0 aliphatic rings. The fourth-order valence-corrected chi connectivity index (χ4v) is 2.04. The highest BCUT2D eigenvalue weighted by atomic mass is 19.1. The number of nitrogens with zero attached hydrogens (tertiary/aromatic N) is 1. The van der Waals surface area contributed by atoms with Gasteiger partial charge in [0.2, 0.25) is 0 Å². The number of carbonyl (C=O) groups is 3. The predicted molar refractivity (Wildman–Crippen MR) is 97.9 cm³/mol. The van der Waals surface area contributed by atoms with Gasteiger partial charge in [0, 0.05) is 6.42 Å². The molecular weight excluding hydrogens is 359 g/mol. The highest BCUT2D eigenvalue weighted by Crippen LogP contribution is 2.21. The fourth-order valence-electron chi connectivity index (χ4n) is 2.04. The molecule has 9 heteroatoms. The Morgan fingerprint density at radius 3 is 1.78 bits per heavy atom. The second kappa shape index (κ2) is 10.4. The lowest BCUT2D eigenvalue weighted by molar-refractivity contribution is -0.150. The topological polar surface area (TPSA) is 108 Å². The average Bonchev–Trinajstić information content (AvgIpc) is 2.43. The molecule has 2 atom stereocenters. The molecule has 0 saturated carbocycles. The number of hydrogen-bond acceptors (Lipinski definition) is 7. The number of ether oxygens (including phenoxy) is 3. The lowest BCUT2D eigenvalue weighted by Crippen LogP contribution is -2.53. The van der Waals surface area contributed by atoms with Crippen LogP contribution in [0.3, 0.4) is 0 Å². The number of alkyl halides is 1. The molecule has 2 N–H and O–H groups in total. The molecule has 0 aliphatic carbocycles. The Bertz CT molecular complexity index is 485. The van der Waals surface area contributed by atoms with Crippen LogP contribution < -0.4 is 5.73 Å². The summed E-state index contributed by atoms with van der Waals surface area (Å²) in [6, 6.07) is -1.53. The largest absolute Gasteiger partial charge is 0.464 e. The summed E-state index contributed by atoms with van der Waals surface area (Å²) in [5.41, 5.74) is 3.47. The normalized spacial score (nSPS) is 14.1. The molecule has 0 aromatic rings. The van der Waals surface area contributed by atoms with Gasteiger partial charge in [-0.25, -0.2) is 18.8 Å². The standard InChI is InChI=1S/C18H33FN2O6/c1-8-25-14(22)13(11-12(19)9-10-20)21(15(23)26-17(2,3)4)16(24)27-18(5,6)7/h12-13H,8-11,20H2,1-7H3/t12?,13-/m0/s1. The van der Waals surface area contributed by atoms with E-state index in [1.807, 2.05) is 0 Å². The van der Waals surface area contributed by atoms with E-state index in [4.69, 9.17) is 19.9 Å². The van der Waals surface area contributed by atoms with Crippen molar-refractivity contribution in [1.82, 2.24) is 4.90 Å². The van der Waals surface area contributed by atoms with Gasteiger partial charge in [0.1, 0.15) is 23.4 Å². The number of esters is 1. The van der Waals surface area contributed by atoms with Crippen molar-refractivity contribution in [3.8, 4) is 0 Å². The number of imide groups is 1. The van der Waals surface area contributed by atoms with Gasteiger partial charge in [-0.05, 0) is 61.4 Å². The molecule has 1 unspecified atom stereocenters. The van der Waals surface area contributed by atoms with Crippen LogP contribution in [0.25, 0.3) is 0 Å². The summed E-state index contributed by atoms with van der Waals surface area (Å²) in [7, 11) is 0. The Morgan fingerprint density at radius 2 is 1.44 bits per heavy atom. The summed E-state index contributed by atoms with van der Waals surface area (Å²) in [5.74, 6) is -0.922. The van der Waals surface area contributed by atoms with Crippen molar-refractivity contribution in [3.63, 3.8) is 0 Å². The van der Waals surface area contributed by atoms with Crippen LogP contribution in [0.4, 0.5) is 14.0 Å². The van der Waals surface area contributed by atoms with Crippen molar-refractivity contribution in [2.45, 2.75) is 84.7 Å². The summed E-state index contributed by atoms with van der Waals surface area (Å²) in [6.45, 7) is 11.2. The van der Waals surface area contributed by atoms with Gasteiger partial charge in [0.15, 0.2) is 0 Å². The SMILES string of the molecule is CCOC(=O)[C@H](CC(F)CCN)N(C(=O)OC(C)(C)C)C(=O)OC(C)(C)C. The van der Waals surface area contributed by atoms with Crippen LogP contribution in [-0.4, -0.2) is 59.6 Å². The molecule has 0 radical (unpaired) electrons. The van der Waals surface area contributed by atoms with Crippen molar-refractivity contribution in [3.05, 3.63) is 0 Å².